The maximum absolute atomic E-state index is 14.3. The fourth-order valence-electron chi connectivity index (χ4n) is 2.87. The highest BCUT2D eigenvalue weighted by Gasteiger charge is 2.35. The fourth-order valence-corrected chi connectivity index (χ4v) is 2.87. The third kappa shape index (κ3) is 4.15. The number of nitrogens with one attached hydrogen (secondary N) is 1. The zero-order valence-electron chi connectivity index (χ0n) is 15.6. The molecule has 0 unspecified atom stereocenters. The number of aryl methyl sites for hydroxylation is 1. The second-order valence-electron chi connectivity index (χ2n) is 6.12. The van der Waals surface area contributed by atoms with E-state index in [0.29, 0.717) is 34.3 Å². The highest BCUT2D eigenvalue weighted by atomic mass is 19.4. The molecule has 3 aromatic rings. The minimum absolute atomic E-state index is 0.125. The summed E-state index contributed by atoms with van der Waals surface area (Å²) in [5.41, 5.74) is -1.67. The molecule has 1 N–H and O–H groups in total. The summed E-state index contributed by atoms with van der Waals surface area (Å²) in [6.45, 7) is 1.19. The number of rotatable bonds is 5. The predicted molar refractivity (Wildman–Crippen MR) is 96.1 cm³/mol. The molecule has 0 radical (unpaired) electrons. The Morgan fingerprint density at radius 2 is 1.62 bits per heavy atom. The van der Waals surface area contributed by atoms with Gasteiger partial charge in [-0.15, -0.1) is 0 Å². The van der Waals surface area contributed by atoms with Crippen molar-refractivity contribution in [2.45, 2.75) is 19.6 Å². The van der Waals surface area contributed by atoms with E-state index in [0.717, 1.165) is 0 Å². The SMILES string of the molecule is COc1cc2nc(C)nc(NCc3cc(F)cc(C(F)(F)F)c3F)c2cc1OC. The van der Waals surface area contributed by atoms with Gasteiger partial charge in [0.1, 0.15) is 23.3 Å². The predicted octanol–water partition coefficient (Wildman–Crippen LogP) is 4.86. The van der Waals surface area contributed by atoms with E-state index in [-0.39, 0.29) is 11.9 Å². The molecular formula is C19H16F5N3O2. The number of hydrogen-bond donors (Lipinski definition) is 1. The number of fused-ring (bicyclic) bond motifs is 1. The Labute approximate surface area is 162 Å². The minimum atomic E-state index is -5.01. The lowest BCUT2D eigenvalue weighted by molar-refractivity contribution is -0.140. The highest BCUT2D eigenvalue weighted by molar-refractivity contribution is 5.91. The molecule has 0 fully saturated rings. The Morgan fingerprint density at radius 1 is 0.966 bits per heavy atom. The number of alkyl halides is 3. The van der Waals surface area contributed by atoms with Crippen LogP contribution in [0.3, 0.4) is 0 Å². The third-order valence-corrected chi connectivity index (χ3v) is 4.18. The molecule has 5 nitrogen and oxygen atoms in total. The number of nitrogens with zero attached hydrogens (tertiary/aromatic N) is 2. The Bertz CT molecular complexity index is 1070. The second-order valence-corrected chi connectivity index (χ2v) is 6.12. The monoisotopic (exact) mass is 413 g/mol. The topological polar surface area (TPSA) is 56.3 Å². The van der Waals surface area contributed by atoms with E-state index in [2.05, 4.69) is 15.3 Å². The van der Waals surface area contributed by atoms with Crippen molar-refractivity contribution in [1.29, 1.82) is 0 Å². The number of halogens is 5. The first-order valence-electron chi connectivity index (χ1n) is 8.33. The molecule has 0 aliphatic rings. The Kier molecular flexibility index (Phi) is 5.45. The van der Waals surface area contributed by atoms with E-state index in [1.165, 1.54) is 14.2 Å². The van der Waals surface area contributed by atoms with Crippen LogP contribution in [-0.2, 0) is 12.7 Å². The molecule has 29 heavy (non-hydrogen) atoms. The molecule has 0 aliphatic heterocycles. The van der Waals surface area contributed by atoms with Gasteiger partial charge in [0.2, 0.25) is 0 Å². The van der Waals surface area contributed by atoms with Gasteiger partial charge in [-0.2, -0.15) is 13.2 Å². The average molecular weight is 413 g/mol. The minimum Gasteiger partial charge on any atom is -0.493 e. The molecule has 0 bridgehead atoms. The van der Waals surface area contributed by atoms with Gasteiger partial charge < -0.3 is 14.8 Å². The van der Waals surface area contributed by atoms with Crippen LogP contribution in [0, 0.1) is 18.6 Å². The van der Waals surface area contributed by atoms with Crippen molar-refractivity contribution in [2.24, 2.45) is 0 Å². The summed E-state index contributed by atoms with van der Waals surface area (Å²) in [5, 5.41) is 3.23. The van der Waals surface area contributed by atoms with Crippen LogP contribution in [0.5, 0.6) is 11.5 Å². The second kappa shape index (κ2) is 7.69. The van der Waals surface area contributed by atoms with Gasteiger partial charge in [0.15, 0.2) is 11.5 Å². The first-order valence-corrected chi connectivity index (χ1v) is 8.33. The largest absolute Gasteiger partial charge is 0.493 e. The normalized spacial score (nSPS) is 11.6. The lowest BCUT2D eigenvalue weighted by Gasteiger charge is -2.15. The van der Waals surface area contributed by atoms with E-state index < -0.39 is 35.5 Å². The van der Waals surface area contributed by atoms with Gasteiger partial charge in [-0.25, -0.2) is 18.7 Å². The third-order valence-electron chi connectivity index (χ3n) is 4.18. The molecule has 0 saturated carbocycles. The first-order chi connectivity index (χ1) is 13.6. The van der Waals surface area contributed by atoms with Gasteiger partial charge in [0, 0.05) is 23.6 Å². The number of aromatic nitrogens is 2. The molecule has 0 saturated heterocycles. The lowest BCUT2D eigenvalue weighted by Crippen LogP contribution is -2.13. The highest BCUT2D eigenvalue weighted by Crippen LogP contribution is 2.35. The molecule has 154 valence electrons. The number of ether oxygens (including phenoxy) is 2. The molecular weight excluding hydrogens is 397 g/mol. The van der Waals surface area contributed by atoms with Crippen molar-refractivity contribution in [3.05, 3.63) is 52.9 Å². The summed E-state index contributed by atoms with van der Waals surface area (Å²) in [5.74, 6) is -1.33. The van der Waals surface area contributed by atoms with Crippen LogP contribution >= 0.6 is 0 Å². The Balaban J connectivity index is 2.02. The number of anilines is 1. The number of hydrogen-bond acceptors (Lipinski definition) is 5. The van der Waals surface area contributed by atoms with Gasteiger partial charge in [0.05, 0.1) is 25.3 Å². The van der Waals surface area contributed by atoms with Crippen molar-refractivity contribution in [1.82, 2.24) is 9.97 Å². The van der Waals surface area contributed by atoms with Crippen LogP contribution in [-0.4, -0.2) is 24.2 Å². The molecule has 2 aromatic carbocycles. The molecule has 1 heterocycles. The molecule has 3 rings (SSSR count). The van der Waals surface area contributed by atoms with Crippen LogP contribution in [0.4, 0.5) is 27.8 Å². The van der Waals surface area contributed by atoms with Crippen molar-refractivity contribution >= 4 is 16.7 Å². The van der Waals surface area contributed by atoms with Gasteiger partial charge in [-0.1, -0.05) is 0 Å². The van der Waals surface area contributed by atoms with Gasteiger partial charge in [-0.3, -0.25) is 0 Å². The zero-order valence-corrected chi connectivity index (χ0v) is 15.6. The summed E-state index contributed by atoms with van der Waals surface area (Å²) in [6, 6.07) is 4.02. The van der Waals surface area contributed by atoms with E-state index in [1.807, 2.05) is 0 Å². The van der Waals surface area contributed by atoms with Crippen molar-refractivity contribution in [3.8, 4) is 11.5 Å². The van der Waals surface area contributed by atoms with Crippen LogP contribution in [0.15, 0.2) is 24.3 Å². The Morgan fingerprint density at radius 3 is 2.24 bits per heavy atom. The molecule has 0 aliphatic carbocycles. The first kappa shape index (κ1) is 20.6. The Hall–Kier alpha value is -3.17. The van der Waals surface area contributed by atoms with E-state index in [4.69, 9.17) is 9.47 Å². The smallest absolute Gasteiger partial charge is 0.419 e. The quantitative estimate of drug-likeness (QED) is 0.606. The van der Waals surface area contributed by atoms with Crippen LogP contribution in [0.2, 0.25) is 0 Å². The zero-order chi connectivity index (χ0) is 21.3. The summed E-state index contributed by atoms with van der Waals surface area (Å²) in [4.78, 5) is 8.50. The van der Waals surface area contributed by atoms with E-state index in [1.54, 1.807) is 19.1 Å². The van der Waals surface area contributed by atoms with Crippen molar-refractivity contribution in [2.75, 3.05) is 19.5 Å². The van der Waals surface area contributed by atoms with Crippen LogP contribution in [0.25, 0.3) is 10.9 Å². The van der Waals surface area contributed by atoms with Crippen LogP contribution in [0.1, 0.15) is 17.0 Å². The average Bonchev–Trinajstić information content (AvgIpc) is 2.66. The molecule has 1 aromatic heterocycles. The molecule has 0 amide bonds. The van der Waals surface area contributed by atoms with Gasteiger partial charge >= 0.3 is 6.18 Å². The summed E-state index contributed by atoms with van der Waals surface area (Å²) >= 11 is 0. The summed E-state index contributed by atoms with van der Waals surface area (Å²) < 4.78 is 77.1. The maximum Gasteiger partial charge on any atom is 0.419 e. The van der Waals surface area contributed by atoms with E-state index >= 15 is 0 Å². The number of benzene rings is 2. The maximum atomic E-state index is 14.3. The van der Waals surface area contributed by atoms with Gasteiger partial charge in [0.25, 0.3) is 0 Å². The lowest BCUT2D eigenvalue weighted by atomic mass is 10.1. The number of methoxy groups -OCH3 is 2. The molecule has 0 atom stereocenters. The molecule has 10 heteroatoms. The van der Waals surface area contributed by atoms with Crippen molar-refractivity contribution in [3.63, 3.8) is 0 Å². The van der Waals surface area contributed by atoms with Gasteiger partial charge in [-0.05, 0) is 25.1 Å². The molecule has 0 spiro atoms. The standard InChI is InChI=1S/C19H16F5N3O2/c1-9-26-14-7-16(29-3)15(28-2)6-12(14)18(27-9)25-8-10-4-11(20)5-13(17(10)21)19(22,23)24/h4-7H,8H2,1-3H3,(H,25,26,27). The summed E-state index contributed by atoms with van der Waals surface area (Å²) in [7, 11) is 2.90. The summed E-state index contributed by atoms with van der Waals surface area (Å²) in [6.07, 6.45) is -5.01. The van der Waals surface area contributed by atoms with E-state index in [9.17, 15) is 22.0 Å². The van der Waals surface area contributed by atoms with Crippen LogP contribution < -0.4 is 14.8 Å². The van der Waals surface area contributed by atoms with Crippen molar-refractivity contribution < 1.29 is 31.4 Å². The fraction of sp³-hybridized carbons (Fsp3) is 0.263.